The van der Waals surface area contributed by atoms with Crippen molar-refractivity contribution in [2.75, 3.05) is 4.90 Å². The molecule has 10 rings (SSSR count). The fourth-order valence-corrected chi connectivity index (χ4v) is 10.3. The predicted octanol–water partition coefficient (Wildman–Crippen LogP) is 13.4. The van der Waals surface area contributed by atoms with Gasteiger partial charge < -0.3 is 10.2 Å². The van der Waals surface area contributed by atoms with Gasteiger partial charge in [0.2, 0.25) is 0 Å². The average molecular weight is 735 g/mol. The van der Waals surface area contributed by atoms with Crippen LogP contribution in [0.15, 0.2) is 194 Å². The summed E-state index contributed by atoms with van der Waals surface area (Å²) in [4.78, 5) is 2.41. The number of para-hydroxylation sites is 1. The van der Waals surface area contributed by atoms with Crippen LogP contribution in [0.2, 0.25) is 0 Å². The number of allylic oxidation sites excluding steroid dienone is 2. The first kappa shape index (κ1) is 34.8. The van der Waals surface area contributed by atoms with E-state index in [9.17, 15) is 0 Å². The highest BCUT2D eigenvalue weighted by molar-refractivity contribution is 5.93. The molecule has 0 saturated carbocycles. The van der Waals surface area contributed by atoms with Crippen LogP contribution in [0, 0.1) is 0 Å². The zero-order valence-corrected chi connectivity index (χ0v) is 32.6. The van der Waals surface area contributed by atoms with Gasteiger partial charge in [-0.25, -0.2) is 0 Å². The van der Waals surface area contributed by atoms with E-state index in [1.54, 1.807) is 0 Å². The third kappa shape index (κ3) is 5.39. The summed E-state index contributed by atoms with van der Waals surface area (Å²) in [5.74, 6) is 0. The Labute approximate surface area is 337 Å². The summed E-state index contributed by atoms with van der Waals surface area (Å²) in [6.45, 7) is 4.72. The minimum Gasteiger partial charge on any atom is -0.368 e. The second kappa shape index (κ2) is 14.1. The number of benzene rings is 7. The van der Waals surface area contributed by atoms with Crippen LogP contribution < -0.4 is 10.2 Å². The Kier molecular flexibility index (Phi) is 8.64. The lowest BCUT2D eigenvalue weighted by Gasteiger charge is -2.35. The molecule has 3 aliphatic rings. The van der Waals surface area contributed by atoms with E-state index >= 15 is 0 Å². The topological polar surface area (TPSA) is 15.3 Å². The first-order chi connectivity index (χ1) is 28.2. The number of hydrogen-bond acceptors (Lipinski definition) is 2. The van der Waals surface area contributed by atoms with Crippen molar-refractivity contribution in [1.29, 1.82) is 0 Å². The van der Waals surface area contributed by atoms with Gasteiger partial charge in [0, 0.05) is 16.8 Å². The van der Waals surface area contributed by atoms with Crippen LogP contribution >= 0.6 is 0 Å². The number of anilines is 2. The first-order valence-electron chi connectivity index (χ1n) is 20.4. The second-order valence-electron chi connectivity index (χ2n) is 15.5. The van der Waals surface area contributed by atoms with Crippen LogP contribution in [0.25, 0.3) is 34.4 Å². The molecule has 1 heterocycles. The molecule has 2 heteroatoms. The normalized spacial score (nSPS) is 16.4. The van der Waals surface area contributed by atoms with E-state index in [-0.39, 0.29) is 11.6 Å². The third-order valence-electron chi connectivity index (χ3n) is 12.9. The van der Waals surface area contributed by atoms with E-state index in [0.717, 1.165) is 18.5 Å². The number of rotatable bonds is 9. The van der Waals surface area contributed by atoms with Gasteiger partial charge in [-0.2, -0.15) is 0 Å². The molecule has 0 spiro atoms. The number of nitrogens with zero attached hydrogens (tertiary/aromatic N) is 1. The number of fused-ring (bicyclic) bond motifs is 6. The van der Waals surface area contributed by atoms with Crippen molar-refractivity contribution < 1.29 is 0 Å². The number of dihydropyridines is 1. The number of nitrogens with one attached hydrogen (secondary N) is 1. The van der Waals surface area contributed by atoms with E-state index in [1.807, 2.05) is 6.20 Å². The Morgan fingerprint density at radius 1 is 0.526 bits per heavy atom. The molecule has 276 valence electrons. The summed E-state index contributed by atoms with van der Waals surface area (Å²) in [6.07, 6.45) is 15.2. The van der Waals surface area contributed by atoms with Gasteiger partial charge in [-0.15, -0.1) is 0 Å². The summed E-state index contributed by atoms with van der Waals surface area (Å²) in [5, 5.41) is 3.58. The minimum atomic E-state index is -0.408. The quantitative estimate of drug-likeness (QED) is 0.149. The zero-order valence-electron chi connectivity index (χ0n) is 32.6. The molecule has 0 aromatic heterocycles. The summed E-state index contributed by atoms with van der Waals surface area (Å²) in [6, 6.07) is 63.0. The fourth-order valence-electron chi connectivity index (χ4n) is 10.3. The lowest BCUT2D eigenvalue weighted by molar-refractivity contribution is 0.490. The Balaban J connectivity index is 1.06. The SMILES string of the molecule is CCC1(CC)c2cc(/C=C/c3cccc4c3-c3ccccc3C4(c3ccccc3)c3ccccc3)ccc2-c2ccc(N(c3ccccc3)C3C=CC=CN3)cc21. The van der Waals surface area contributed by atoms with Crippen LogP contribution in [-0.2, 0) is 10.8 Å². The van der Waals surface area contributed by atoms with Crippen molar-refractivity contribution in [2.24, 2.45) is 0 Å². The van der Waals surface area contributed by atoms with Gasteiger partial charge >= 0.3 is 0 Å². The van der Waals surface area contributed by atoms with Gasteiger partial charge in [-0.1, -0.05) is 178 Å². The standard InChI is InChI=1S/C55H46N2/c1-3-54(4-2)50-37-39(31-34-45(50)46-35-33-44(38-51(46)54)57(43-24-12-7-13-25-43)52-29-16-17-36-56-52)30-32-40-19-18-28-49-53(40)47-26-14-15-27-48(47)55(49,41-20-8-5-9-21-41)42-22-10-6-11-23-42/h5-38,52,56H,3-4H2,1-2H3/b32-30+. The first-order valence-corrected chi connectivity index (χ1v) is 20.4. The molecule has 2 nitrogen and oxygen atoms in total. The molecular weight excluding hydrogens is 689 g/mol. The molecule has 1 unspecified atom stereocenters. The maximum Gasteiger partial charge on any atom is 0.123 e. The van der Waals surface area contributed by atoms with Crippen molar-refractivity contribution in [2.45, 2.75) is 43.7 Å². The molecule has 0 bridgehead atoms. The molecule has 1 aliphatic heterocycles. The molecule has 0 amide bonds. The summed E-state index contributed by atoms with van der Waals surface area (Å²) in [7, 11) is 0. The van der Waals surface area contributed by atoms with E-state index < -0.39 is 5.41 Å². The highest BCUT2D eigenvalue weighted by Crippen LogP contribution is 2.57. The van der Waals surface area contributed by atoms with Crippen LogP contribution in [0.3, 0.4) is 0 Å². The third-order valence-corrected chi connectivity index (χ3v) is 12.9. The van der Waals surface area contributed by atoms with Crippen molar-refractivity contribution in [1.82, 2.24) is 5.32 Å². The molecule has 0 saturated heterocycles. The highest BCUT2D eigenvalue weighted by Gasteiger charge is 2.46. The molecule has 2 aliphatic carbocycles. The largest absolute Gasteiger partial charge is 0.368 e. The van der Waals surface area contributed by atoms with Gasteiger partial charge in [0.05, 0.1) is 5.41 Å². The lowest BCUT2D eigenvalue weighted by Crippen LogP contribution is -2.40. The van der Waals surface area contributed by atoms with E-state index in [2.05, 4.69) is 224 Å². The minimum absolute atomic E-state index is 0.0190. The van der Waals surface area contributed by atoms with Crippen LogP contribution in [-0.4, -0.2) is 6.17 Å². The molecule has 7 aromatic carbocycles. The van der Waals surface area contributed by atoms with Crippen LogP contribution in [0.5, 0.6) is 0 Å². The summed E-state index contributed by atoms with van der Waals surface area (Å²) in [5.41, 5.74) is 17.7. The van der Waals surface area contributed by atoms with Crippen molar-refractivity contribution in [3.63, 3.8) is 0 Å². The van der Waals surface area contributed by atoms with Gasteiger partial charge in [-0.05, 0) is 122 Å². The van der Waals surface area contributed by atoms with E-state index in [4.69, 9.17) is 0 Å². The van der Waals surface area contributed by atoms with Crippen molar-refractivity contribution in [3.05, 3.63) is 239 Å². The average Bonchev–Trinajstić information content (AvgIpc) is 3.74. The summed E-state index contributed by atoms with van der Waals surface area (Å²) < 4.78 is 0. The molecule has 1 atom stereocenters. The van der Waals surface area contributed by atoms with Crippen LogP contribution in [0.1, 0.15) is 71.2 Å². The molecule has 1 N–H and O–H groups in total. The Morgan fingerprint density at radius 2 is 1.16 bits per heavy atom. The second-order valence-corrected chi connectivity index (χ2v) is 15.5. The maximum atomic E-state index is 3.58. The predicted molar refractivity (Wildman–Crippen MR) is 240 cm³/mol. The van der Waals surface area contributed by atoms with Gasteiger partial charge in [0.25, 0.3) is 0 Å². The zero-order chi connectivity index (χ0) is 38.4. The van der Waals surface area contributed by atoms with Crippen LogP contribution in [0.4, 0.5) is 11.4 Å². The van der Waals surface area contributed by atoms with E-state index in [0.29, 0.717) is 0 Å². The molecule has 7 aromatic rings. The fraction of sp³-hybridized carbons (Fsp3) is 0.127. The molecular formula is C55H46N2. The van der Waals surface area contributed by atoms with Gasteiger partial charge in [0.1, 0.15) is 6.17 Å². The Morgan fingerprint density at radius 3 is 1.84 bits per heavy atom. The summed E-state index contributed by atoms with van der Waals surface area (Å²) >= 11 is 0. The van der Waals surface area contributed by atoms with Crippen molar-refractivity contribution >= 4 is 23.5 Å². The van der Waals surface area contributed by atoms with Gasteiger partial charge in [-0.3, -0.25) is 0 Å². The number of hydrogen-bond donors (Lipinski definition) is 1. The van der Waals surface area contributed by atoms with Crippen molar-refractivity contribution in [3.8, 4) is 22.3 Å². The molecule has 0 radical (unpaired) electrons. The smallest absolute Gasteiger partial charge is 0.123 e. The lowest BCUT2D eigenvalue weighted by atomic mass is 9.67. The highest BCUT2D eigenvalue weighted by atomic mass is 15.3. The molecule has 0 fully saturated rings. The van der Waals surface area contributed by atoms with E-state index in [1.165, 1.54) is 72.4 Å². The Hall–Kier alpha value is -6.64. The molecule has 57 heavy (non-hydrogen) atoms. The monoisotopic (exact) mass is 734 g/mol. The van der Waals surface area contributed by atoms with Gasteiger partial charge in [0.15, 0.2) is 0 Å². The Bertz CT molecular complexity index is 2640. The maximum absolute atomic E-state index is 3.58.